The zero-order chi connectivity index (χ0) is 30.0. The molecule has 0 atom stereocenters. The molecule has 0 unspecified atom stereocenters. The Balaban J connectivity index is 1.89. The maximum absolute atomic E-state index is 12.1. The molecule has 3 rings (SSSR count). The van der Waals surface area contributed by atoms with Crippen LogP contribution in [0.25, 0.3) is 0 Å². The number of esters is 1. The first kappa shape index (κ1) is 31.1. The molecule has 10 nitrogen and oxygen atoms in total. The van der Waals surface area contributed by atoms with E-state index in [0.717, 1.165) is 11.1 Å². The molecular weight excluding hydrogens is 554 g/mol. The average Bonchev–Trinajstić information content (AvgIpc) is 2.93. The number of carbonyl (C=O) groups excluding carboxylic acids is 1. The minimum absolute atomic E-state index is 0.00452. The number of oxime groups is 1. The maximum atomic E-state index is 12.1. The molecule has 0 aliphatic carbocycles. The predicted molar refractivity (Wildman–Crippen MR) is 152 cm³/mol. The van der Waals surface area contributed by atoms with Gasteiger partial charge in [-0.05, 0) is 68.3 Å². The normalized spacial score (nSPS) is 11.4. The second kappa shape index (κ2) is 14.3. The molecule has 0 amide bonds. The first-order chi connectivity index (χ1) is 19.5. The number of hydrogen-bond donors (Lipinski definition) is 1. The van der Waals surface area contributed by atoms with Crippen LogP contribution < -0.4 is 18.9 Å². The SMILES string of the molecule is COc1ccc(COc2ccc(/C(=N/OCC(=O)OC(C)(C)C)C(=O)O)c(Cl)c2OCc2ccc(OC)cc2)cc1. The third kappa shape index (κ3) is 9.32. The van der Waals surface area contributed by atoms with Gasteiger partial charge in [0.2, 0.25) is 6.61 Å². The fraction of sp³-hybridized carbons (Fsp3) is 0.300. The topological polar surface area (TPSA) is 122 Å². The largest absolute Gasteiger partial charge is 0.497 e. The fourth-order valence-corrected chi connectivity index (χ4v) is 3.75. The Morgan fingerprint density at radius 1 is 0.829 bits per heavy atom. The number of rotatable bonds is 13. The maximum Gasteiger partial charge on any atom is 0.358 e. The van der Waals surface area contributed by atoms with Gasteiger partial charge in [-0.2, -0.15) is 0 Å². The summed E-state index contributed by atoms with van der Waals surface area (Å²) < 4.78 is 27.6. The summed E-state index contributed by atoms with van der Waals surface area (Å²) in [5, 5.41) is 13.4. The van der Waals surface area contributed by atoms with Crippen molar-refractivity contribution in [1.29, 1.82) is 0 Å². The highest BCUT2D eigenvalue weighted by atomic mass is 35.5. The number of aliphatic carboxylic acids is 1. The molecule has 3 aromatic carbocycles. The number of halogens is 1. The molecule has 0 fully saturated rings. The van der Waals surface area contributed by atoms with Crippen LogP contribution in [0.15, 0.2) is 65.8 Å². The van der Waals surface area contributed by atoms with Gasteiger partial charge in [-0.1, -0.05) is 41.0 Å². The molecule has 0 aliphatic heterocycles. The molecule has 0 aromatic heterocycles. The van der Waals surface area contributed by atoms with Gasteiger partial charge in [0.05, 0.1) is 19.2 Å². The molecule has 11 heteroatoms. The summed E-state index contributed by atoms with van der Waals surface area (Å²) >= 11 is 6.68. The molecule has 41 heavy (non-hydrogen) atoms. The first-order valence-electron chi connectivity index (χ1n) is 12.5. The Kier molecular flexibility index (Phi) is 10.8. The molecule has 0 saturated carbocycles. The van der Waals surface area contributed by atoms with Crippen molar-refractivity contribution < 1.29 is 43.2 Å². The van der Waals surface area contributed by atoms with Gasteiger partial charge in [0.15, 0.2) is 17.2 Å². The van der Waals surface area contributed by atoms with Crippen LogP contribution in [-0.4, -0.2) is 49.2 Å². The van der Waals surface area contributed by atoms with E-state index in [2.05, 4.69) is 5.16 Å². The van der Waals surface area contributed by atoms with E-state index in [1.54, 1.807) is 47.1 Å². The van der Waals surface area contributed by atoms with Crippen molar-refractivity contribution in [2.24, 2.45) is 5.16 Å². The predicted octanol–water partition coefficient (Wildman–Crippen LogP) is 5.66. The first-order valence-corrected chi connectivity index (χ1v) is 12.9. The van der Waals surface area contributed by atoms with E-state index in [0.29, 0.717) is 11.5 Å². The molecular formula is C30H32ClNO9. The Hall–Kier alpha value is -4.44. The Bertz CT molecular complexity index is 1360. The highest BCUT2D eigenvalue weighted by Crippen LogP contribution is 2.39. The Morgan fingerprint density at radius 2 is 1.37 bits per heavy atom. The molecule has 1 N–H and O–H groups in total. The van der Waals surface area contributed by atoms with Crippen molar-refractivity contribution in [1.82, 2.24) is 0 Å². The minimum Gasteiger partial charge on any atom is -0.497 e. The highest BCUT2D eigenvalue weighted by Gasteiger charge is 2.24. The molecule has 3 aromatic rings. The van der Waals surface area contributed by atoms with E-state index >= 15 is 0 Å². The van der Waals surface area contributed by atoms with Crippen LogP contribution in [0.1, 0.15) is 37.5 Å². The fourth-order valence-electron chi connectivity index (χ4n) is 3.45. The van der Waals surface area contributed by atoms with Gasteiger partial charge in [-0.15, -0.1) is 0 Å². The van der Waals surface area contributed by atoms with Gasteiger partial charge in [-0.3, -0.25) is 0 Å². The molecule has 218 valence electrons. The van der Waals surface area contributed by atoms with Crippen LogP contribution in [0.2, 0.25) is 5.02 Å². The number of carbonyl (C=O) groups is 2. The molecule has 0 heterocycles. The van der Waals surface area contributed by atoms with Crippen molar-refractivity contribution in [2.45, 2.75) is 39.6 Å². The molecule has 0 aliphatic rings. The number of carboxylic acids is 1. The Labute approximate surface area is 243 Å². The van der Waals surface area contributed by atoms with Gasteiger partial charge in [0.25, 0.3) is 0 Å². The zero-order valence-electron chi connectivity index (χ0n) is 23.4. The number of methoxy groups -OCH3 is 2. The van der Waals surface area contributed by atoms with Crippen molar-refractivity contribution in [3.05, 3.63) is 82.4 Å². The summed E-state index contributed by atoms with van der Waals surface area (Å²) in [4.78, 5) is 29.0. The monoisotopic (exact) mass is 585 g/mol. The summed E-state index contributed by atoms with van der Waals surface area (Å²) in [6, 6.07) is 17.5. The van der Waals surface area contributed by atoms with E-state index in [9.17, 15) is 14.7 Å². The second-order valence-electron chi connectivity index (χ2n) is 9.63. The quantitative estimate of drug-likeness (QED) is 0.154. The average molecular weight is 586 g/mol. The van der Waals surface area contributed by atoms with Crippen molar-refractivity contribution in [3.63, 3.8) is 0 Å². The number of carboxylic acid groups (broad SMARTS) is 1. The second-order valence-corrected chi connectivity index (χ2v) is 10.0. The van der Waals surface area contributed by atoms with E-state index in [4.69, 9.17) is 40.1 Å². The lowest BCUT2D eigenvalue weighted by molar-refractivity contribution is -0.160. The summed E-state index contributed by atoms with van der Waals surface area (Å²) in [5.74, 6) is -0.353. The molecule has 0 bridgehead atoms. The van der Waals surface area contributed by atoms with Crippen LogP contribution in [-0.2, 0) is 32.4 Å². The highest BCUT2D eigenvalue weighted by molar-refractivity contribution is 6.47. The number of benzene rings is 3. The van der Waals surface area contributed by atoms with Crippen LogP contribution in [0.3, 0.4) is 0 Å². The number of nitrogens with zero attached hydrogens (tertiary/aromatic N) is 1. The van der Waals surface area contributed by atoms with Crippen molar-refractivity contribution in [2.75, 3.05) is 20.8 Å². The van der Waals surface area contributed by atoms with E-state index in [1.165, 1.54) is 12.1 Å². The summed E-state index contributed by atoms with van der Waals surface area (Å²) in [6.45, 7) is 4.78. The van der Waals surface area contributed by atoms with E-state index in [1.807, 2.05) is 36.4 Å². The van der Waals surface area contributed by atoms with Gasteiger partial charge >= 0.3 is 11.9 Å². The molecule has 0 saturated heterocycles. The van der Waals surface area contributed by atoms with Gasteiger partial charge in [0.1, 0.15) is 30.3 Å². The van der Waals surface area contributed by atoms with Crippen LogP contribution >= 0.6 is 11.6 Å². The van der Waals surface area contributed by atoms with E-state index in [-0.39, 0.29) is 35.3 Å². The van der Waals surface area contributed by atoms with Crippen molar-refractivity contribution >= 4 is 29.3 Å². The van der Waals surface area contributed by atoms with Crippen molar-refractivity contribution in [3.8, 4) is 23.0 Å². The van der Waals surface area contributed by atoms with Crippen LogP contribution in [0.5, 0.6) is 23.0 Å². The molecule has 0 spiro atoms. The Morgan fingerprint density at radius 3 is 1.85 bits per heavy atom. The zero-order valence-corrected chi connectivity index (χ0v) is 24.2. The summed E-state index contributed by atoms with van der Waals surface area (Å²) in [5.41, 5.74) is 0.400. The lowest BCUT2D eigenvalue weighted by Crippen LogP contribution is -2.26. The van der Waals surface area contributed by atoms with Gasteiger partial charge in [-0.25, -0.2) is 9.59 Å². The summed E-state index contributed by atoms with van der Waals surface area (Å²) in [7, 11) is 3.15. The van der Waals surface area contributed by atoms with Crippen LogP contribution in [0.4, 0.5) is 0 Å². The third-order valence-corrected chi connectivity index (χ3v) is 5.75. The van der Waals surface area contributed by atoms with E-state index < -0.39 is 29.9 Å². The summed E-state index contributed by atoms with van der Waals surface area (Å²) in [6.07, 6.45) is 0. The lowest BCUT2D eigenvalue weighted by Gasteiger charge is -2.19. The molecule has 0 radical (unpaired) electrons. The standard InChI is InChI=1S/C30H32ClNO9/c1-30(2,3)41-25(33)18-40-32-27(29(34)35)23-14-15-24(38-16-19-6-10-21(36-4)11-7-19)28(26(23)31)39-17-20-8-12-22(37-5)13-9-20/h6-15H,16-18H2,1-5H3,(H,34,35)/b32-27-. The smallest absolute Gasteiger partial charge is 0.358 e. The number of hydrogen-bond acceptors (Lipinski definition) is 9. The van der Waals surface area contributed by atoms with Gasteiger partial charge < -0.3 is 33.6 Å². The lowest BCUT2D eigenvalue weighted by atomic mass is 10.1. The minimum atomic E-state index is -1.43. The van der Waals surface area contributed by atoms with Crippen LogP contribution in [0, 0.1) is 0 Å². The number of ether oxygens (including phenoxy) is 5. The van der Waals surface area contributed by atoms with Gasteiger partial charge in [0, 0.05) is 5.56 Å². The third-order valence-electron chi connectivity index (χ3n) is 5.37.